The molecule has 0 aromatic heterocycles. The number of anilines is 1. The van der Waals surface area contributed by atoms with E-state index in [2.05, 4.69) is 21.8 Å². The van der Waals surface area contributed by atoms with Gasteiger partial charge in [-0.3, -0.25) is 4.79 Å². The zero-order chi connectivity index (χ0) is 30.6. The van der Waals surface area contributed by atoms with Crippen LogP contribution in [0.2, 0.25) is 5.02 Å². The van der Waals surface area contributed by atoms with Gasteiger partial charge in [0.05, 0.1) is 23.6 Å². The third kappa shape index (κ3) is 5.45. The fourth-order valence-electron chi connectivity index (χ4n) is 8.57. The molecular weight excluding hydrogens is 596 g/mol. The number of ether oxygens (including phenoxy) is 1. The minimum Gasteiger partial charge on any atom is -0.490 e. The van der Waals surface area contributed by atoms with Crippen molar-refractivity contribution in [1.82, 2.24) is 4.72 Å². The predicted molar refractivity (Wildman–Crippen MR) is 173 cm³/mol. The molecule has 44 heavy (non-hydrogen) atoms. The van der Waals surface area contributed by atoms with Gasteiger partial charge >= 0.3 is 0 Å². The van der Waals surface area contributed by atoms with E-state index in [-0.39, 0.29) is 29.1 Å². The number of amides is 1. The Bertz CT molecular complexity index is 1570. The van der Waals surface area contributed by atoms with Crippen molar-refractivity contribution in [2.45, 2.75) is 81.5 Å². The van der Waals surface area contributed by atoms with Crippen LogP contribution in [0.4, 0.5) is 5.69 Å². The fraction of sp³-hybridized carbons (Fsp3) is 0.571. The van der Waals surface area contributed by atoms with Crippen molar-refractivity contribution in [1.29, 1.82) is 0 Å². The molecule has 2 saturated carbocycles. The van der Waals surface area contributed by atoms with Gasteiger partial charge in [0.1, 0.15) is 5.75 Å². The molecule has 2 N–H and O–H groups in total. The number of benzene rings is 2. The van der Waals surface area contributed by atoms with Crippen LogP contribution in [-0.2, 0) is 21.9 Å². The molecule has 1 spiro atoms. The number of carbonyl (C=O) groups excluding carboxylic acids is 1. The topological polar surface area (TPSA) is 95.9 Å². The predicted octanol–water partition coefficient (Wildman–Crippen LogP) is 6.02. The monoisotopic (exact) mass is 638 g/mol. The fourth-order valence-corrected chi connectivity index (χ4v) is 10.8. The zero-order valence-corrected chi connectivity index (χ0v) is 27.0. The molecule has 2 aromatic rings. The Morgan fingerprint density at radius 1 is 1.07 bits per heavy atom. The number of rotatable bonds is 1. The maximum absolute atomic E-state index is 13.8. The second-order valence-corrected chi connectivity index (χ2v) is 16.3. The Morgan fingerprint density at radius 3 is 2.66 bits per heavy atom. The maximum atomic E-state index is 13.8. The summed E-state index contributed by atoms with van der Waals surface area (Å²) in [6.45, 7) is 3.88. The van der Waals surface area contributed by atoms with Gasteiger partial charge in [-0.2, -0.15) is 0 Å². The molecule has 0 radical (unpaired) electrons. The first-order chi connectivity index (χ1) is 21.1. The number of nitrogens with one attached hydrogen (secondary N) is 1. The SMILES string of the molecule is C[C@H]1C/C=C\[C@H](O)[C@@H]2CC[C@H]2CN2C[C@@]3(CCCc4cc(Cl)ccc43)COc3ccc(cc32)C(=O)NS(=O)(=O)[C@H]1C1CCC1. The molecule has 7 nitrogen and oxygen atoms in total. The Labute approximate surface area is 266 Å². The van der Waals surface area contributed by atoms with Gasteiger partial charge in [0.2, 0.25) is 10.0 Å². The van der Waals surface area contributed by atoms with Gasteiger partial charge in [-0.05, 0) is 116 Å². The Morgan fingerprint density at radius 2 is 1.91 bits per heavy atom. The highest BCUT2D eigenvalue weighted by atomic mass is 35.5. The number of halogens is 1. The molecule has 0 saturated heterocycles. The number of fused-ring (bicyclic) bond motifs is 4. The van der Waals surface area contributed by atoms with E-state index in [1.807, 2.05) is 37.3 Å². The van der Waals surface area contributed by atoms with Crippen LogP contribution in [0.5, 0.6) is 5.75 Å². The summed E-state index contributed by atoms with van der Waals surface area (Å²) in [4.78, 5) is 16.0. The molecule has 9 heteroatoms. The standard InChI is InChI=1S/C35H43ClN2O5S/c1-22-5-2-9-31(39)28-13-10-26(28)19-38-20-35(16-4-8-24-17-27(36)12-14-29(24)35)21-43-32-15-11-25(18-30(32)38)34(40)37-44(41,42)33(22)23-6-3-7-23/h2,9,11-12,14-15,17-18,22-23,26,28,31,33,39H,3-8,10,13,16,19-21H2,1H3,(H,37,40)/b9-2-/t22-,26-,28+,31-,33+,35-/m0/s1. The Balaban J connectivity index is 1.29. The van der Waals surface area contributed by atoms with E-state index in [0.717, 1.165) is 68.6 Å². The molecule has 5 aliphatic rings. The van der Waals surface area contributed by atoms with Crippen LogP contribution in [0.25, 0.3) is 0 Å². The molecule has 7 rings (SSSR count). The smallest absolute Gasteiger partial charge is 0.264 e. The van der Waals surface area contributed by atoms with E-state index >= 15 is 0 Å². The highest BCUT2D eigenvalue weighted by Gasteiger charge is 2.45. The lowest BCUT2D eigenvalue weighted by Gasteiger charge is -2.45. The highest BCUT2D eigenvalue weighted by molar-refractivity contribution is 7.90. The van der Waals surface area contributed by atoms with Gasteiger partial charge in [0.25, 0.3) is 5.91 Å². The number of aryl methyl sites for hydroxylation is 1. The minimum absolute atomic E-state index is 0.0314. The summed E-state index contributed by atoms with van der Waals surface area (Å²) in [6, 6.07) is 11.5. The third-order valence-electron chi connectivity index (χ3n) is 11.3. The molecule has 6 atom stereocenters. The molecule has 3 aliphatic carbocycles. The number of carbonyl (C=O) groups is 1. The van der Waals surface area contributed by atoms with Crippen LogP contribution >= 0.6 is 11.6 Å². The van der Waals surface area contributed by atoms with Crippen LogP contribution < -0.4 is 14.4 Å². The van der Waals surface area contributed by atoms with Crippen molar-refractivity contribution < 1.29 is 23.1 Å². The van der Waals surface area contributed by atoms with Crippen molar-refractivity contribution in [3.63, 3.8) is 0 Å². The van der Waals surface area contributed by atoms with Crippen molar-refractivity contribution in [3.8, 4) is 5.75 Å². The largest absolute Gasteiger partial charge is 0.490 e. The molecule has 2 aliphatic heterocycles. The summed E-state index contributed by atoms with van der Waals surface area (Å²) >= 11 is 6.41. The minimum atomic E-state index is -3.93. The van der Waals surface area contributed by atoms with Crippen LogP contribution in [0.3, 0.4) is 0 Å². The summed E-state index contributed by atoms with van der Waals surface area (Å²) in [5.41, 5.74) is 3.38. The van der Waals surface area contributed by atoms with Gasteiger partial charge in [-0.15, -0.1) is 0 Å². The second-order valence-electron chi connectivity index (χ2n) is 14.1. The summed E-state index contributed by atoms with van der Waals surface area (Å²) in [5.74, 6) is 0.370. The lowest BCUT2D eigenvalue weighted by atomic mass is 9.68. The van der Waals surface area contributed by atoms with E-state index in [0.29, 0.717) is 30.9 Å². The number of hydrogen-bond donors (Lipinski definition) is 2. The highest BCUT2D eigenvalue weighted by Crippen LogP contribution is 2.47. The molecule has 2 aromatic carbocycles. The first kappa shape index (κ1) is 30.1. The van der Waals surface area contributed by atoms with Gasteiger partial charge in [-0.25, -0.2) is 13.1 Å². The van der Waals surface area contributed by atoms with E-state index in [1.54, 1.807) is 6.07 Å². The molecule has 1 amide bonds. The van der Waals surface area contributed by atoms with Crippen molar-refractivity contribution in [2.75, 3.05) is 24.6 Å². The maximum Gasteiger partial charge on any atom is 0.264 e. The molecule has 2 heterocycles. The first-order valence-electron chi connectivity index (χ1n) is 16.3. The summed E-state index contributed by atoms with van der Waals surface area (Å²) in [7, 11) is -3.93. The molecule has 0 unspecified atom stereocenters. The van der Waals surface area contributed by atoms with E-state index in [4.69, 9.17) is 16.3 Å². The number of hydrogen-bond acceptors (Lipinski definition) is 6. The summed E-state index contributed by atoms with van der Waals surface area (Å²) in [5, 5.41) is 11.3. The van der Waals surface area contributed by atoms with Crippen molar-refractivity contribution in [3.05, 3.63) is 70.3 Å². The van der Waals surface area contributed by atoms with E-state index in [9.17, 15) is 18.3 Å². The molecule has 236 valence electrons. The third-order valence-corrected chi connectivity index (χ3v) is 13.6. The normalized spacial score (nSPS) is 34.3. The number of allylic oxidation sites excluding steroid dienone is 1. The lowest BCUT2D eigenvalue weighted by Crippen LogP contribution is -2.49. The summed E-state index contributed by atoms with van der Waals surface area (Å²) in [6.07, 6.45) is 11.5. The van der Waals surface area contributed by atoms with Gasteiger partial charge in [0.15, 0.2) is 0 Å². The van der Waals surface area contributed by atoms with E-state index in [1.165, 1.54) is 11.1 Å². The Hall–Kier alpha value is -2.55. The molecule has 2 bridgehead atoms. The Kier molecular flexibility index (Phi) is 7.99. The van der Waals surface area contributed by atoms with Gasteiger partial charge in [0, 0.05) is 29.1 Å². The van der Waals surface area contributed by atoms with Gasteiger partial charge < -0.3 is 14.7 Å². The zero-order valence-electron chi connectivity index (χ0n) is 25.4. The first-order valence-corrected chi connectivity index (χ1v) is 18.3. The van der Waals surface area contributed by atoms with Crippen LogP contribution in [-0.4, -0.2) is 50.5 Å². The second kappa shape index (κ2) is 11.7. The quantitative estimate of drug-likeness (QED) is 0.371. The van der Waals surface area contributed by atoms with Crippen LogP contribution in [0, 0.1) is 23.7 Å². The lowest BCUT2D eigenvalue weighted by molar-refractivity contribution is 0.0455. The average Bonchev–Trinajstić information content (AvgIpc) is 3.09. The number of nitrogens with zero attached hydrogens (tertiary/aromatic N) is 1. The summed E-state index contributed by atoms with van der Waals surface area (Å²) < 4.78 is 36.6. The molecular formula is C35H43ClN2O5S. The number of sulfonamides is 1. The number of aliphatic hydroxyl groups excluding tert-OH is 1. The van der Waals surface area contributed by atoms with Crippen LogP contribution in [0.1, 0.15) is 79.8 Å². The van der Waals surface area contributed by atoms with Gasteiger partial charge in [-0.1, -0.05) is 43.2 Å². The molecule has 2 fully saturated rings. The average molecular weight is 639 g/mol. The number of aliphatic hydroxyl groups is 1. The van der Waals surface area contributed by atoms with Crippen LogP contribution in [0.15, 0.2) is 48.6 Å². The van der Waals surface area contributed by atoms with E-state index < -0.39 is 27.3 Å². The van der Waals surface area contributed by atoms with Crippen molar-refractivity contribution >= 4 is 33.2 Å². The van der Waals surface area contributed by atoms with Crippen molar-refractivity contribution in [2.24, 2.45) is 23.7 Å².